The second kappa shape index (κ2) is 7.02. The molecule has 5 nitrogen and oxygen atoms in total. The average Bonchev–Trinajstić information content (AvgIpc) is 2.34. The van der Waals surface area contributed by atoms with Crippen molar-refractivity contribution in [2.24, 2.45) is 0 Å². The van der Waals surface area contributed by atoms with Crippen LogP contribution in [0.3, 0.4) is 0 Å². The molecule has 0 saturated heterocycles. The van der Waals surface area contributed by atoms with Gasteiger partial charge in [0.25, 0.3) is 0 Å². The van der Waals surface area contributed by atoms with Gasteiger partial charge in [-0.15, -0.1) is 0 Å². The number of carbonyl (C=O) groups is 2. The highest BCUT2D eigenvalue weighted by molar-refractivity contribution is 6.32. The highest BCUT2D eigenvalue weighted by Gasteiger charge is 2.23. The number of carboxylic acid groups (broad SMARTS) is 1. The molecule has 0 spiro atoms. The maximum absolute atomic E-state index is 13.4. The Kier molecular flexibility index (Phi) is 5.66. The third-order valence-electron chi connectivity index (χ3n) is 2.45. The number of halogens is 2. The Morgan fingerprint density at radius 2 is 2.10 bits per heavy atom. The molecule has 1 aromatic carbocycles. The Morgan fingerprint density at radius 1 is 1.45 bits per heavy atom. The van der Waals surface area contributed by atoms with Crippen molar-refractivity contribution in [1.82, 2.24) is 5.32 Å². The first-order valence-corrected chi connectivity index (χ1v) is 6.04. The molecule has 0 aliphatic heterocycles. The van der Waals surface area contributed by atoms with Crippen LogP contribution >= 0.6 is 11.6 Å². The molecule has 0 fully saturated rings. The Hall–Kier alpha value is -1.92. The second-order valence-corrected chi connectivity index (χ2v) is 4.44. The molecule has 0 radical (unpaired) electrons. The minimum Gasteiger partial charge on any atom is -0.480 e. The van der Waals surface area contributed by atoms with E-state index in [2.05, 4.69) is 5.32 Å². The largest absolute Gasteiger partial charge is 0.480 e. The van der Waals surface area contributed by atoms with E-state index >= 15 is 0 Å². The molecule has 0 aromatic heterocycles. The van der Waals surface area contributed by atoms with Crippen molar-refractivity contribution in [3.63, 3.8) is 0 Å². The van der Waals surface area contributed by atoms with Crippen molar-refractivity contribution in [3.8, 4) is 0 Å². The molecule has 3 N–H and O–H groups in total. The van der Waals surface area contributed by atoms with Crippen molar-refractivity contribution in [3.05, 3.63) is 40.7 Å². The summed E-state index contributed by atoms with van der Waals surface area (Å²) in [5.41, 5.74) is 0.0215. The molecule has 0 heterocycles. The third kappa shape index (κ3) is 4.32. The van der Waals surface area contributed by atoms with Gasteiger partial charge in [-0.1, -0.05) is 17.7 Å². The van der Waals surface area contributed by atoms with Crippen LogP contribution in [0.5, 0.6) is 0 Å². The van der Waals surface area contributed by atoms with E-state index in [-0.39, 0.29) is 10.6 Å². The van der Waals surface area contributed by atoms with Gasteiger partial charge in [0.1, 0.15) is 5.82 Å². The van der Waals surface area contributed by atoms with E-state index in [0.29, 0.717) is 0 Å². The number of carbonyl (C=O) groups excluding carboxylic acids is 1. The first-order chi connectivity index (χ1) is 9.32. The minimum absolute atomic E-state index is 0.0215. The van der Waals surface area contributed by atoms with Crippen LogP contribution in [0.4, 0.5) is 4.39 Å². The highest BCUT2D eigenvalue weighted by Crippen LogP contribution is 2.20. The SMILES string of the molecule is C[C@@H](O)[C@H](NC(=O)/C=C/c1c(F)cccc1Cl)C(=O)O. The van der Waals surface area contributed by atoms with Crippen LogP contribution in [-0.4, -0.2) is 34.2 Å². The zero-order valence-corrected chi connectivity index (χ0v) is 11.3. The lowest BCUT2D eigenvalue weighted by Gasteiger charge is -2.15. The van der Waals surface area contributed by atoms with E-state index in [1.807, 2.05) is 0 Å². The van der Waals surface area contributed by atoms with Gasteiger partial charge in [-0.2, -0.15) is 0 Å². The molecule has 0 aliphatic rings. The summed E-state index contributed by atoms with van der Waals surface area (Å²) in [6.45, 7) is 1.23. The van der Waals surface area contributed by atoms with Crippen molar-refractivity contribution >= 4 is 29.6 Å². The van der Waals surface area contributed by atoms with Gasteiger partial charge in [-0.3, -0.25) is 4.79 Å². The van der Waals surface area contributed by atoms with Gasteiger partial charge >= 0.3 is 5.97 Å². The summed E-state index contributed by atoms with van der Waals surface area (Å²) in [6, 6.07) is 2.61. The summed E-state index contributed by atoms with van der Waals surface area (Å²) in [7, 11) is 0. The predicted molar refractivity (Wildman–Crippen MR) is 71.7 cm³/mol. The van der Waals surface area contributed by atoms with Crippen LogP contribution in [0.25, 0.3) is 6.08 Å². The molecule has 0 saturated carbocycles. The van der Waals surface area contributed by atoms with E-state index in [9.17, 15) is 19.1 Å². The van der Waals surface area contributed by atoms with Crippen LogP contribution in [0.15, 0.2) is 24.3 Å². The Morgan fingerprint density at radius 3 is 2.60 bits per heavy atom. The standard InChI is InChI=1S/C13H13ClFNO4/c1-7(17)12(13(19)20)16-11(18)6-5-8-9(14)3-2-4-10(8)15/h2-7,12,17H,1H3,(H,16,18)(H,19,20)/b6-5+/t7-,12+/m1/s1. The van der Waals surface area contributed by atoms with Gasteiger partial charge in [-0.05, 0) is 25.1 Å². The third-order valence-corrected chi connectivity index (χ3v) is 2.78. The first kappa shape index (κ1) is 16.1. The lowest BCUT2D eigenvalue weighted by molar-refractivity contribution is -0.144. The van der Waals surface area contributed by atoms with Crippen LogP contribution in [0, 0.1) is 5.82 Å². The fourth-order valence-electron chi connectivity index (χ4n) is 1.42. The number of hydrogen-bond acceptors (Lipinski definition) is 3. The summed E-state index contributed by atoms with van der Waals surface area (Å²) < 4.78 is 13.4. The maximum atomic E-state index is 13.4. The summed E-state index contributed by atoms with van der Waals surface area (Å²) in [5, 5.41) is 20.2. The molecule has 1 rings (SSSR count). The summed E-state index contributed by atoms with van der Waals surface area (Å²) in [4.78, 5) is 22.3. The fourth-order valence-corrected chi connectivity index (χ4v) is 1.65. The van der Waals surface area contributed by atoms with Gasteiger partial charge in [-0.25, -0.2) is 9.18 Å². The number of benzene rings is 1. The summed E-state index contributed by atoms with van der Waals surface area (Å²) in [5.74, 6) is -2.75. The molecule has 7 heteroatoms. The minimum atomic E-state index is -1.44. The topological polar surface area (TPSA) is 86.6 Å². The first-order valence-electron chi connectivity index (χ1n) is 5.66. The van der Waals surface area contributed by atoms with Crippen molar-refractivity contribution in [2.45, 2.75) is 19.1 Å². The molecule has 1 amide bonds. The molecule has 0 unspecified atom stereocenters. The van der Waals surface area contributed by atoms with E-state index in [0.717, 1.165) is 12.2 Å². The molecular weight excluding hydrogens is 289 g/mol. The van der Waals surface area contributed by atoms with E-state index in [1.165, 1.54) is 25.1 Å². The van der Waals surface area contributed by atoms with Crippen LogP contribution < -0.4 is 5.32 Å². The number of hydrogen-bond donors (Lipinski definition) is 3. The zero-order chi connectivity index (χ0) is 15.3. The normalized spacial score (nSPS) is 14.0. The Bertz CT molecular complexity index is 525. The molecule has 1 aromatic rings. The van der Waals surface area contributed by atoms with Crippen molar-refractivity contribution < 1.29 is 24.2 Å². The number of amides is 1. The van der Waals surface area contributed by atoms with Gasteiger partial charge in [0.05, 0.1) is 11.1 Å². The maximum Gasteiger partial charge on any atom is 0.328 e. The average molecular weight is 302 g/mol. The van der Waals surface area contributed by atoms with E-state index in [1.54, 1.807) is 0 Å². The number of aliphatic carboxylic acids is 1. The van der Waals surface area contributed by atoms with E-state index in [4.69, 9.17) is 16.7 Å². The lowest BCUT2D eigenvalue weighted by Crippen LogP contribution is -2.47. The highest BCUT2D eigenvalue weighted by atomic mass is 35.5. The quantitative estimate of drug-likeness (QED) is 0.718. The fraction of sp³-hybridized carbons (Fsp3) is 0.231. The monoisotopic (exact) mass is 301 g/mol. The number of nitrogens with one attached hydrogen (secondary N) is 1. The van der Waals surface area contributed by atoms with Gasteiger partial charge in [0.15, 0.2) is 6.04 Å². The predicted octanol–water partition coefficient (Wildman–Crippen LogP) is 1.44. The number of rotatable bonds is 5. The van der Waals surface area contributed by atoms with Crippen LogP contribution in [-0.2, 0) is 9.59 Å². The Labute approximate surface area is 119 Å². The summed E-state index contributed by atoms with van der Waals surface area (Å²) in [6.07, 6.45) is 0.818. The lowest BCUT2D eigenvalue weighted by atomic mass is 10.1. The number of carboxylic acids is 1. The molecular formula is C13H13ClFNO4. The number of aliphatic hydroxyl groups is 1. The number of aliphatic hydroxyl groups excluding tert-OH is 1. The van der Waals surface area contributed by atoms with Crippen molar-refractivity contribution in [1.29, 1.82) is 0 Å². The van der Waals surface area contributed by atoms with E-state index < -0.39 is 29.8 Å². The van der Waals surface area contributed by atoms with Gasteiger partial charge in [0, 0.05) is 11.6 Å². The molecule has 0 bridgehead atoms. The van der Waals surface area contributed by atoms with Gasteiger partial charge in [0.2, 0.25) is 5.91 Å². The van der Waals surface area contributed by atoms with Crippen LogP contribution in [0.1, 0.15) is 12.5 Å². The smallest absolute Gasteiger partial charge is 0.328 e. The Balaban J connectivity index is 2.80. The summed E-state index contributed by atoms with van der Waals surface area (Å²) >= 11 is 5.76. The van der Waals surface area contributed by atoms with Crippen molar-refractivity contribution in [2.75, 3.05) is 0 Å². The molecule has 0 aliphatic carbocycles. The van der Waals surface area contributed by atoms with Gasteiger partial charge < -0.3 is 15.5 Å². The second-order valence-electron chi connectivity index (χ2n) is 4.03. The van der Waals surface area contributed by atoms with Crippen LogP contribution in [0.2, 0.25) is 5.02 Å². The molecule has 2 atom stereocenters. The molecule has 108 valence electrons. The molecule has 20 heavy (non-hydrogen) atoms. The zero-order valence-electron chi connectivity index (χ0n) is 10.5.